The molecule has 6 nitrogen and oxygen atoms in total. The minimum Gasteiger partial charge on any atom is -0.504 e. The predicted molar refractivity (Wildman–Crippen MR) is 42.8 cm³/mol. The molecule has 0 saturated carbocycles. The number of aromatic nitrogens is 4. The minimum absolute atomic E-state index is 0.0150. The van der Waals surface area contributed by atoms with Crippen molar-refractivity contribution in [3.8, 4) is 11.4 Å². The molecule has 2 aromatic rings. The number of hydrogen-bond donors (Lipinski definition) is 2. The van der Waals surface area contributed by atoms with Gasteiger partial charge in [0.25, 0.3) is 0 Å². The van der Waals surface area contributed by atoms with Crippen LogP contribution in [0, 0.1) is 0 Å². The smallest absolute Gasteiger partial charge is 0.174 e. The van der Waals surface area contributed by atoms with E-state index in [1.54, 1.807) is 6.20 Å². The van der Waals surface area contributed by atoms with Gasteiger partial charge in [-0.25, -0.2) is 4.68 Å². The summed E-state index contributed by atoms with van der Waals surface area (Å²) in [7, 11) is 0. The van der Waals surface area contributed by atoms with Crippen LogP contribution in [0.25, 0.3) is 5.69 Å². The monoisotopic (exact) mass is 178 g/mol. The van der Waals surface area contributed by atoms with E-state index in [0.717, 1.165) is 0 Å². The van der Waals surface area contributed by atoms with Crippen molar-refractivity contribution in [2.24, 2.45) is 0 Å². The van der Waals surface area contributed by atoms with Gasteiger partial charge in [0.05, 0.1) is 12.4 Å². The third-order valence-electron chi connectivity index (χ3n) is 1.58. The van der Waals surface area contributed by atoms with Gasteiger partial charge in [-0.15, -0.1) is 0 Å². The van der Waals surface area contributed by atoms with Crippen LogP contribution in [0.5, 0.6) is 5.75 Å². The van der Waals surface area contributed by atoms with Gasteiger partial charge in [0, 0.05) is 6.20 Å². The van der Waals surface area contributed by atoms with Gasteiger partial charge in [0.15, 0.2) is 17.7 Å². The summed E-state index contributed by atoms with van der Waals surface area (Å²) in [6, 6.07) is 0. The van der Waals surface area contributed by atoms with E-state index in [1.165, 1.54) is 17.1 Å². The van der Waals surface area contributed by atoms with Crippen molar-refractivity contribution < 1.29 is 9.90 Å². The van der Waals surface area contributed by atoms with Gasteiger partial charge in [0.1, 0.15) is 5.69 Å². The molecule has 0 aliphatic heterocycles. The molecule has 0 amide bonds. The topological polar surface area (TPSA) is 83.8 Å². The first-order valence-corrected chi connectivity index (χ1v) is 3.54. The van der Waals surface area contributed by atoms with E-state index < -0.39 is 0 Å². The van der Waals surface area contributed by atoms with Crippen LogP contribution in [-0.2, 0) is 0 Å². The summed E-state index contributed by atoms with van der Waals surface area (Å²) in [5, 5.41) is 19.3. The largest absolute Gasteiger partial charge is 0.504 e. The molecule has 0 atom stereocenters. The molecule has 0 fully saturated rings. The summed E-state index contributed by atoms with van der Waals surface area (Å²) in [6.45, 7) is 0. The number of H-pyrrole nitrogens is 1. The standard InChI is InChI=1S/C7H6N4O2/c12-4-6-7(13)3-11(10-6)5-1-8-9-2-5/h1-4,13H,(H,8,9). The first-order valence-electron chi connectivity index (χ1n) is 3.54. The molecular formula is C7H6N4O2. The molecule has 0 aliphatic rings. The Balaban J connectivity index is 2.48. The number of aldehydes is 1. The first kappa shape index (κ1) is 7.53. The second-order valence-corrected chi connectivity index (χ2v) is 2.42. The highest BCUT2D eigenvalue weighted by atomic mass is 16.3. The Morgan fingerprint density at radius 1 is 1.62 bits per heavy atom. The second-order valence-electron chi connectivity index (χ2n) is 2.42. The molecule has 2 N–H and O–H groups in total. The van der Waals surface area contributed by atoms with Crippen LogP contribution in [0.4, 0.5) is 0 Å². The highest BCUT2D eigenvalue weighted by Gasteiger charge is 2.07. The Hall–Kier alpha value is -2.11. The number of nitrogens with one attached hydrogen (secondary N) is 1. The van der Waals surface area contributed by atoms with E-state index >= 15 is 0 Å². The van der Waals surface area contributed by atoms with Crippen molar-refractivity contribution in [2.75, 3.05) is 0 Å². The molecule has 2 rings (SSSR count). The third kappa shape index (κ3) is 1.18. The molecule has 0 saturated heterocycles. The van der Waals surface area contributed by atoms with Gasteiger partial charge in [-0.1, -0.05) is 0 Å². The highest BCUT2D eigenvalue weighted by Crippen LogP contribution is 2.14. The zero-order valence-corrected chi connectivity index (χ0v) is 6.51. The number of aromatic amines is 1. The normalized spacial score (nSPS) is 10.2. The zero-order chi connectivity index (χ0) is 9.26. The molecule has 0 aromatic carbocycles. The van der Waals surface area contributed by atoms with E-state index in [4.69, 9.17) is 0 Å². The van der Waals surface area contributed by atoms with E-state index in [2.05, 4.69) is 15.3 Å². The summed E-state index contributed by atoms with van der Waals surface area (Å²) < 4.78 is 1.36. The van der Waals surface area contributed by atoms with Crippen LogP contribution >= 0.6 is 0 Å². The minimum atomic E-state index is -0.142. The molecule has 2 aromatic heterocycles. The third-order valence-corrected chi connectivity index (χ3v) is 1.58. The fourth-order valence-corrected chi connectivity index (χ4v) is 0.964. The molecule has 0 aliphatic carbocycles. The maximum Gasteiger partial charge on any atom is 0.174 e. The zero-order valence-electron chi connectivity index (χ0n) is 6.51. The molecule has 0 radical (unpaired) electrons. The van der Waals surface area contributed by atoms with Crippen molar-refractivity contribution in [2.45, 2.75) is 0 Å². The van der Waals surface area contributed by atoms with Gasteiger partial charge < -0.3 is 5.11 Å². The highest BCUT2D eigenvalue weighted by molar-refractivity contribution is 5.75. The Labute approximate surface area is 72.8 Å². The SMILES string of the molecule is O=Cc1nn(-c2cn[nH]c2)cc1O. The Bertz CT molecular complexity index is 418. The lowest BCUT2D eigenvalue weighted by Gasteiger charge is -1.91. The summed E-state index contributed by atoms with van der Waals surface area (Å²) in [5.74, 6) is -0.142. The van der Waals surface area contributed by atoms with Crippen LogP contribution in [-0.4, -0.2) is 31.4 Å². The first-order chi connectivity index (χ1) is 6.31. The van der Waals surface area contributed by atoms with Crippen molar-refractivity contribution in [1.82, 2.24) is 20.0 Å². The number of nitrogens with zero attached hydrogens (tertiary/aromatic N) is 3. The number of hydrogen-bond acceptors (Lipinski definition) is 4. The summed E-state index contributed by atoms with van der Waals surface area (Å²) in [5.41, 5.74) is 0.671. The fraction of sp³-hybridized carbons (Fsp3) is 0. The summed E-state index contributed by atoms with van der Waals surface area (Å²) in [4.78, 5) is 10.4. The maximum atomic E-state index is 10.4. The fourth-order valence-electron chi connectivity index (χ4n) is 0.964. The second kappa shape index (κ2) is 2.74. The van der Waals surface area contributed by atoms with Gasteiger partial charge >= 0.3 is 0 Å². The molecule has 13 heavy (non-hydrogen) atoms. The van der Waals surface area contributed by atoms with Gasteiger partial charge in [-0.3, -0.25) is 9.89 Å². The van der Waals surface area contributed by atoms with Crippen LogP contribution in [0.1, 0.15) is 10.5 Å². The van der Waals surface area contributed by atoms with Crippen molar-refractivity contribution in [3.63, 3.8) is 0 Å². The quantitative estimate of drug-likeness (QED) is 0.639. The van der Waals surface area contributed by atoms with Gasteiger partial charge in [-0.05, 0) is 0 Å². The van der Waals surface area contributed by atoms with E-state index in [9.17, 15) is 9.90 Å². The summed E-state index contributed by atoms with van der Waals surface area (Å²) >= 11 is 0. The van der Waals surface area contributed by atoms with Crippen LogP contribution in [0.3, 0.4) is 0 Å². The molecule has 6 heteroatoms. The van der Waals surface area contributed by atoms with Gasteiger partial charge in [-0.2, -0.15) is 10.2 Å². The number of carbonyl (C=O) groups is 1. The van der Waals surface area contributed by atoms with Crippen LogP contribution in [0.2, 0.25) is 0 Å². The average Bonchev–Trinajstić information content (AvgIpc) is 2.71. The molecule has 0 unspecified atom stereocenters. The lowest BCUT2D eigenvalue weighted by atomic mass is 10.4. The van der Waals surface area contributed by atoms with E-state index in [-0.39, 0.29) is 11.4 Å². The Kier molecular flexibility index (Phi) is 1.59. The van der Waals surface area contributed by atoms with Crippen molar-refractivity contribution >= 4 is 6.29 Å². The Morgan fingerprint density at radius 3 is 3.00 bits per heavy atom. The average molecular weight is 178 g/mol. The van der Waals surface area contributed by atoms with E-state index in [1.807, 2.05) is 0 Å². The number of aromatic hydroxyl groups is 1. The molecular weight excluding hydrogens is 172 g/mol. The van der Waals surface area contributed by atoms with Gasteiger partial charge in [0.2, 0.25) is 0 Å². The van der Waals surface area contributed by atoms with Crippen LogP contribution < -0.4 is 0 Å². The van der Waals surface area contributed by atoms with Crippen LogP contribution in [0.15, 0.2) is 18.6 Å². The van der Waals surface area contributed by atoms with Crippen molar-refractivity contribution in [1.29, 1.82) is 0 Å². The predicted octanol–water partition coefficient (Wildman–Crippen LogP) is 0.113. The van der Waals surface area contributed by atoms with E-state index in [0.29, 0.717) is 12.0 Å². The lowest BCUT2D eigenvalue weighted by Crippen LogP contribution is -1.93. The number of rotatable bonds is 2. The lowest BCUT2D eigenvalue weighted by molar-refractivity contribution is 0.111. The number of carbonyl (C=O) groups excluding carboxylic acids is 1. The molecule has 66 valence electrons. The van der Waals surface area contributed by atoms with Crippen molar-refractivity contribution in [3.05, 3.63) is 24.3 Å². The molecule has 2 heterocycles. The molecule has 0 spiro atoms. The maximum absolute atomic E-state index is 10.4. The summed E-state index contributed by atoms with van der Waals surface area (Å²) in [6.07, 6.45) is 4.96. The molecule has 0 bridgehead atoms. The Morgan fingerprint density at radius 2 is 2.46 bits per heavy atom.